The van der Waals surface area contributed by atoms with Gasteiger partial charge in [-0.2, -0.15) is 0 Å². The summed E-state index contributed by atoms with van der Waals surface area (Å²) in [5, 5.41) is 8.12. The van der Waals surface area contributed by atoms with Gasteiger partial charge in [-0.1, -0.05) is 0 Å². The fourth-order valence-corrected chi connectivity index (χ4v) is 0.603. The zero-order valence-electron chi connectivity index (χ0n) is 5.38. The van der Waals surface area contributed by atoms with Crippen LogP contribution in [0.2, 0.25) is 0 Å². The van der Waals surface area contributed by atoms with Crippen LogP contribution in [0, 0.1) is 0 Å². The molecule has 0 aliphatic heterocycles. The quantitative estimate of drug-likeness (QED) is 0.393. The number of hydrogen-bond acceptors (Lipinski definition) is 4. The van der Waals surface area contributed by atoms with Gasteiger partial charge in [0.05, 0.1) is 6.61 Å². The Bertz CT molecular complexity index is 186. The molecule has 0 aromatic carbocycles. The summed E-state index contributed by atoms with van der Waals surface area (Å²) in [7, 11) is -4.60. The van der Waals surface area contributed by atoms with Crippen LogP contribution in [0.5, 0.6) is 0 Å². The highest BCUT2D eigenvalue weighted by atomic mass is 32.2. The number of carboxylic acid groups (broad SMARTS) is 1. The first-order chi connectivity index (χ1) is 4.83. The Hall–Kier alpha value is -0.460. The molecule has 0 spiro atoms. The van der Waals surface area contributed by atoms with Gasteiger partial charge in [-0.25, -0.2) is 4.57 Å². The maximum absolute atomic E-state index is 9.98. The number of carbonyl (C=O) groups is 1. The number of carboxylic acids is 1. The molecule has 66 valence electrons. The molecule has 11 heavy (non-hydrogen) atoms. The van der Waals surface area contributed by atoms with Crippen molar-refractivity contribution in [3.05, 3.63) is 0 Å². The van der Waals surface area contributed by atoms with Crippen LogP contribution in [0.1, 0.15) is 0 Å². The van der Waals surface area contributed by atoms with Crippen molar-refractivity contribution in [3.8, 4) is 0 Å². The molecule has 0 rings (SSSR count). The fraction of sp³-hybridized carbons (Fsp3) is 0.667. The molecule has 1 atom stereocenters. The van der Waals surface area contributed by atoms with Gasteiger partial charge in [0.25, 0.3) is 0 Å². The van der Waals surface area contributed by atoms with Crippen LogP contribution in [0.4, 0.5) is 0 Å². The largest absolute Gasteiger partial charge is 0.480 e. The Labute approximate surface area is 62.0 Å². The predicted octanol–water partition coefficient (Wildman–Crippen LogP) is -1.49. The summed E-state index contributed by atoms with van der Waals surface area (Å²) in [6, 6.07) is -1.41. The summed E-state index contributed by atoms with van der Waals surface area (Å²) in [6.45, 7) is -0.709. The number of aliphatic carboxylic acids is 1. The van der Waals surface area contributed by atoms with Gasteiger partial charge < -0.3 is 20.6 Å². The zero-order chi connectivity index (χ0) is 9.07. The lowest BCUT2D eigenvalue weighted by molar-refractivity contribution is -0.139. The standard InChI is InChI=1S/C3H8NO6P/c4-2(3(5)6)1-10-11(7,8)9/h2H,1,4H2,(H,5,6)(H2,7,8,9)/t2-/m0/s1/i11+1. The van der Waals surface area contributed by atoms with Crippen LogP contribution in [-0.4, -0.2) is 33.5 Å². The van der Waals surface area contributed by atoms with Crippen molar-refractivity contribution in [1.82, 2.24) is 0 Å². The van der Waals surface area contributed by atoms with E-state index in [1.54, 1.807) is 0 Å². The lowest BCUT2D eigenvalue weighted by atomic mass is 10.3. The Kier molecular flexibility index (Phi) is 3.64. The molecule has 7 nitrogen and oxygen atoms in total. The maximum atomic E-state index is 9.98. The first-order valence-corrected chi connectivity index (χ1v) is 4.04. The summed E-state index contributed by atoms with van der Waals surface area (Å²) in [6.07, 6.45) is 0. The average Bonchev–Trinajstić information content (AvgIpc) is 1.80. The minimum absolute atomic E-state index is 0.709. The molecule has 0 fully saturated rings. The predicted molar refractivity (Wildman–Crippen MR) is 33.6 cm³/mol. The molecule has 0 bridgehead atoms. The molecule has 0 amide bonds. The Morgan fingerprint density at radius 3 is 2.36 bits per heavy atom. The Morgan fingerprint density at radius 2 is 2.09 bits per heavy atom. The smallest absolute Gasteiger partial charge is 0.469 e. The van der Waals surface area contributed by atoms with Crippen molar-refractivity contribution in [2.24, 2.45) is 5.73 Å². The van der Waals surface area contributed by atoms with E-state index in [1.807, 2.05) is 0 Å². The molecule has 0 aliphatic rings. The van der Waals surface area contributed by atoms with E-state index in [4.69, 9.17) is 20.6 Å². The van der Waals surface area contributed by atoms with E-state index in [1.165, 1.54) is 0 Å². The molecule has 5 N–H and O–H groups in total. The second kappa shape index (κ2) is 3.80. The molecule has 8 heteroatoms. The molecule has 0 unspecified atom stereocenters. The first-order valence-electron chi connectivity index (χ1n) is 2.51. The molecule has 0 aliphatic carbocycles. The zero-order valence-corrected chi connectivity index (χ0v) is 6.27. The van der Waals surface area contributed by atoms with Gasteiger partial charge in [-0.3, -0.25) is 9.32 Å². The lowest BCUT2D eigenvalue weighted by Crippen LogP contribution is -2.34. The SMILES string of the molecule is N[C@@H](CO[32P](=O)(O)O)C(=O)O. The van der Waals surface area contributed by atoms with Crippen LogP contribution >= 0.6 is 7.82 Å². The summed E-state index contributed by atoms with van der Waals surface area (Å²) in [5.41, 5.74) is 4.86. The van der Waals surface area contributed by atoms with Crippen molar-refractivity contribution in [2.75, 3.05) is 6.61 Å². The third-order valence-electron chi connectivity index (χ3n) is 0.739. The molecular weight excluding hydrogens is 178 g/mol. The first kappa shape index (κ1) is 10.5. The van der Waals surface area contributed by atoms with Crippen LogP contribution in [0.15, 0.2) is 0 Å². The molecule has 0 saturated heterocycles. The Morgan fingerprint density at radius 1 is 1.64 bits per heavy atom. The van der Waals surface area contributed by atoms with Gasteiger partial charge in [0, 0.05) is 0 Å². The highest BCUT2D eigenvalue weighted by molar-refractivity contribution is 7.46. The van der Waals surface area contributed by atoms with Crippen LogP contribution < -0.4 is 5.73 Å². The van der Waals surface area contributed by atoms with Crippen molar-refractivity contribution in [2.45, 2.75) is 6.04 Å². The highest BCUT2D eigenvalue weighted by Crippen LogP contribution is 2.35. The number of phosphoric acid groups is 1. The van der Waals surface area contributed by atoms with Gasteiger partial charge >= 0.3 is 13.8 Å². The van der Waals surface area contributed by atoms with Crippen LogP contribution in [-0.2, 0) is 13.9 Å². The van der Waals surface area contributed by atoms with E-state index >= 15 is 0 Å². The molecule has 0 heterocycles. The van der Waals surface area contributed by atoms with E-state index < -0.39 is 26.4 Å². The summed E-state index contributed by atoms with van der Waals surface area (Å²) >= 11 is 0. The Balaban J connectivity index is 3.72. The van der Waals surface area contributed by atoms with Gasteiger partial charge in [-0.15, -0.1) is 0 Å². The van der Waals surface area contributed by atoms with Gasteiger partial charge in [0.1, 0.15) is 6.04 Å². The molecule has 0 radical (unpaired) electrons. The monoisotopic (exact) mass is 186 g/mol. The normalized spacial score (nSPS) is 14.5. The van der Waals surface area contributed by atoms with Crippen molar-refractivity contribution in [3.63, 3.8) is 0 Å². The second-order valence-corrected chi connectivity index (χ2v) is 2.97. The van der Waals surface area contributed by atoms with E-state index in [0.717, 1.165) is 0 Å². The average molecular weight is 186 g/mol. The number of nitrogens with two attached hydrogens (primary N) is 1. The number of rotatable bonds is 4. The second-order valence-electron chi connectivity index (χ2n) is 1.73. The lowest BCUT2D eigenvalue weighted by Gasteiger charge is -2.07. The summed E-state index contributed by atoms with van der Waals surface area (Å²) < 4.78 is 13.8. The van der Waals surface area contributed by atoms with E-state index in [0.29, 0.717) is 0 Å². The molecule has 0 aromatic rings. The van der Waals surface area contributed by atoms with Crippen LogP contribution in [0.25, 0.3) is 0 Å². The topological polar surface area (TPSA) is 130 Å². The number of hydrogen-bond donors (Lipinski definition) is 4. The fourth-order valence-electron chi connectivity index (χ4n) is 0.249. The highest BCUT2D eigenvalue weighted by Gasteiger charge is 2.19. The molecular formula is C3H8NO6P. The maximum Gasteiger partial charge on any atom is 0.469 e. The van der Waals surface area contributed by atoms with Crippen molar-refractivity contribution < 1.29 is 28.8 Å². The third-order valence-corrected chi connectivity index (χ3v) is 1.22. The van der Waals surface area contributed by atoms with Gasteiger partial charge in [-0.05, 0) is 0 Å². The third kappa shape index (κ3) is 5.96. The van der Waals surface area contributed by atoms with Gasteiger partial charge in [0.2, 0.25) is 0 Å². The van der Waals surface area contributed by atoms with Crippen LogP contribution in [0.3, 0.4) is 0 Å². The molecule has 0 saturated carbocycles. The minimum atomic E-state index is -4.60. The van der Waals surface area contributed by atoms with E-state index in [2.05, 4.69) is 4.52 Å². The minimum Gasteiger partial charge on any atom is -0.480 e. The van der Waals surface area contributed by atoms with Crippen molar-refractivity contribution in [1.29, 1.82) is 0 Å². The molecule has 0 aromatic heterocycles. The van der Waals surface area contributed by atoms with Crippen molar-refractivity contribution >= 4 is 13.8 Å². The number of phosphoric ester groups is 1. The summed E-state index contributed by atoms with van der Waals surface area (Å²) in [5.74, 6) is -1.38. The summed E-state index contributed by atoms with van der Waals surface area (Å²) in [4.78, 5) is 26.1. The van der Waals surface area contributed by atoms with Gasteiger partial charge in [0.15, 0.2) is 0 Å². The van der Waals surface area contributed by atoms with E-state index in [9.17, 15) is 9.36 Å². The van der Waals surface area contributed by atoms with E-state index in [-0.39, 0.29) is 0 Å².